The van der Waals surface area contributed by atoms with E-state index < -0.39 is 12.1 Å². The molecule has 1 N–H and O–H groups in total. The van der Waals surface area contributed by atoms with Gasteiger partial charge in [0.1, 0.15) is 4.83 Å². The van der Waals surface area contributed by atoms with Crippen LogP contribution in [-0.4, -0.2) is 37.3 Å². The molecule has 0 bridgehead atoms. The molecule has 0 aliphatic heterocycles. The van der Waals surface area contributed by atoms with E-state index in [0.717, 1.165) is 10.4 Å². The summed E-state index contributed by atoms with van der Waals surface area (Å²) in [4.78, 5) is 34.0. The predicted molar refractivity (Wildman–Crippen MR) is 110 cm³/mol. The number of nitrogens with zero attached hydrogens (tertiary/aromatic N) is 1. The third-order valence-corrected chi connectivity index (χ3v) is 5.73. The smallest absolute Gasteiger partial charge is 0.339 e. The van der Waals surface area contributed by atoms with Gasteiger partial charge in [-0.05, 0) is 38.5 Å². The normalized spacial score (nSPS) is 11.9. The van der Waals surface area contributed by atoms with Crippen molar-refractivity contribution in [2.75, 3.05) is 21.3 Å². The lowest BCUT2D eigenvalue weighted by molar-refractivity contribution is 0.0319. The predicted octanol–water partition coefficient (Wildman–Crippen LogP) is 3.55. The second-order valence-electron chi connectivity index (χ2n) is 6.38. The standard InChI is InChI=1S/C20H22N2O6S/c1-9-11(3)29-19-15(9)18(23)21-17(22-19)10(2)28-20(24)12-7-13(25-4)16(27-6)14(8-12)26-5/h7-8,10H,1-6H3,(H,21,22,23)/t10-/m1/s1. The number of carbonyl (C=O) groups is 1. The number of hydrogen-bond donors (Lipinski definition) is 1. The van der Waals surface area contributed by atoms with Crippen LogP contribution >= 0.6 is 11.3 Å². The van der Waals surface area contributed by atoms with Crippen LogP contribution in [0.15, 0.2) is 16.9 Å². The number of benzene rings is 1. The summed E-state index contributed by atoms with van der Waals surface area (Å²) in [6.07, 6.45) is -0.763. The summed E-state index contributed by atoms with van der Waals surface area (Å²) >= 11 is 1.44. The Kier molecular flexibility index (Phi) is 5.78. The Hall–Kier alpha value is -3.07. The minimum absolute atomic E-state index is 0.220. The number of methoxy groups -OCH3 is 3. The molecular weight excluding hydrogens is 396 g/mol. The number of esters is 1. The maximum atomic E-state index is 12.7. The van der Waals surface area contributed by atoms with E-state index in [2.05, 4.69) is 9.97 Å². The molecule has 3 rings (SSSR count). The summed E-state index contributed by atoms with van der Waals surface area (Å²) in [7, 11) is 4.40. The first-order valence-corrected chi connectivity index (χ1v) is 9.63. The van der Waals surface area contributed by atoms with Gasteiger partial charge in [0, 0.05) is 4.88 Å². The van der Waals surface area contributed by atoms with Gasteiger partial charge in [0.05, 0.1) is 32.3 Å². The van der Waals surface area contributed by atoms with Crippen molar-refractivity contribution in [1.82, 2.24) is 9.97 Å². The van der Waals surface area contributed by atoms with Crippen molar-refractivity contribution in [3.05, 3.63) is 44.3 Å². The van der Waals surface area contributed by atoms with E-state index in [0.29, 0.717) is 27.5 Å². The zero-order valence-corrected chi connectivity index (χ0v) is 17.9. The van der Waals surface area contributed by atoms with Crippen LogP contribution in [-0.2, 0) is 4.74 Å². The first-order chi connectivity index (χ1) is 13.8. The first-order valence-electron chi connectivity index (χ1n) is 8.81. The van der Waals surface area contributed by atoms with Gasteiger partial charge in [0.15, 0.2) is 23.4 Å². The number of aromatic nitrogens is 2. The van der Waals surface area contributed by atoms with Gasteiger partial charge >= 0.3 is 5.97 Å². The number of rotatable bonds is 6. The molecule has 8 nitrogen and oxygen atoms in total. The van der Waals surface area contributed by atoms with Gasteiger partial charge in [-0.1, -0.05) is 0 Å². The largest absolute Gasteiger partial charge is 0.493 e. The molecule has 29 heavy (non-hydrogen) atoms. The number of hydrogen-bond acceptors (Lipinski definition) is 8. The van der Waals surface area contributed by atoms with Gasteiger partial charge in [0.2, 0.25) is 5.75 Å². The maximum absolute atomic E-state index is 12.7. The van der Waals surface area contributed by atoms with Gasteiger partial charge in [-0.15, -0.1) is 11.3 Å². The Balaban J connectivity index is 1.91. The number of nitrogens with one attached hydrogen (secondary N) is 1. The number of carbonyl (C=O) groups excluding carboxylic acids is 1. The molecule has 2 aromatic heterocycles. The van der Waals surface area contributed by atoms with E-state index in [1.807, 2.05) is 13.8 Å². The summed E-state index contributed by atoms with van der Waals surface area (Å²) in [5, 5.41) is 0.569. The molecule has 154 valence electrons. The Morgan fingerprint density at radius 3 is 2.28 bits per heavy atom. The summed E-state index contributed by atoms with van der Waals surface area (Å²) in [6.45, 7) is 5.47. The molecule has 3 aromatic rings. The fraction of sp³-hybridized carbons (Fsp3) is 0.350. The van der Waals surface area contributed by atoms with Crippen LogP contribution in [0, 0.1) is 13.8 Å². The van der Waals surface area contributed by atoms with Crippen LogP contribution in [0.3, 0.4) is 0 Å². The molecule has 1 aromatic carbocycles. The van der Waals surface area contributed by atoms with E-state index in [1.54, 1.807) is 6.92 Å². The van der Waals surface area contributed by atoms with Crippen LogP contribution in [0.1, 0.15) is 39.7 Å². The molecule has 0 saturated carbocycles. The summed E-state index contributed by atoms with van der Waals surface area (Å²) in [6, 6.07) is 3.00. The van der Waals surface area contributed by atoms with Crippen LogP contribution < -0.4 is 19.8 Å². The second kappa shape index (κ2) is 8.12. The van der Waals surface area contributed by atoms with Gasteiger partial charge < -0.3 is 23.9 Å². The van der Waals surface area contributed by atoms with Crippen molar-refractivity contribution in [2.45, 2.75) is 26.9 Å². The third-order valence-electron chi connectivity index (χ3n) is 4.63. The Morgan fingerprint density at radius 1 is 1.10 bits per heavy atom. The van der Waals surface area contributed by atoms with Gasteiger partial charge in [0.25, 0.3) is 5.56 Å². The molecule has 0 fully saturated rings. The minimum Gasteiger partial charge on any atom is -0.493 e. The minimum atomic E-state index is -0.763. The molecule has 0 spiro atoms. The van der Waals surface area contributed by atoms with E-state index >= 15 is 0 Å². The Bertz CT molecular complexity index is 1110. The highest BCUT2D eigenvalue weighted by molar-refractivity contribution is 7.18. The average Bonchev–Trinajstić information content (AvgIpc) is 3.00. The summed E-state index contributed by atoms with van der Waals surface area (Å²) in [5.41, 5.74) is 0.882. The van der Waals surface area contributed by atoms with Crippen LogP contribution in [0.4, 0.5) is 0 Å². The lowest BCUT2D eigenvalue weighted by Crippen LogP contribution is -2.17. The van der Waals surface area contributed by atoms with E-state index in [4.69, 9.17) is 18.9 Å². The molecule has 0 aliphatic rings. The number of aryl methyl sites for hydroxylation is 2. The van der Waals surface area contributed by atoms with Crippen LogP contribution in [0.2, 0.25) is 0 Å². The molecular formula is C20H22N2O6S. The summed E-state index contributed by atoms with van der Waals surface area (Å²) in [5.74, 6) is 0.718. The first kappa shape index (κ1) is 20.7. The van der Waals surface area contributed by atoms with Crippen molar-refractivity contribution in [3.8, 4) is 17.2 Å². The van der Waals surface area contributed by atoms with Crippen LogP contribution in [0.25, 0.3) is 10.2 Å². The van der Waals surface area contributed by atoms with Gasteiger partial charge in [-0.2, -0.15) is 0 Å². The second-order valence-corrected chi connectivity index (χ2v) is 7.58. The zero-order valence-electron chi connectivity index (χ0n) is 17.0. The highest BCUT2D eigenvalue weighted by Gasteiger charge is 2.22. The Labute approximate surface area is 171 Å². The van der Waals surface area contributed by atoms with E-state index in [9.17, 15) is 9.59 Å². The van der Waals surface area contributed by atoms with Crippen molar-refractivity contribution >= 4 is 27.5 Å². The molecule has 0 saturated heterocycles. The number of ether oxygens (including phenoxy) is 4. The van der Waals surface area contributed by atoms with Gasteiger partial charge in [-0.3, -0.25) is 4.79 Å². The number of H-pyrrole nitrogens is 1. The molecule has 0 amide bonds. The third kappa shape index (κ3) is 3.77. The fourth-order valence-corrected chi connectivity index (χ4v) is 3.98. The zero-order chi connectivity index (χ0) is 21.3. The average molecular weight is 418 g/mol. The van der Waals surface area contributed by atoms with Gasteiger partial charge in [-0.25, -0.2) is 9.78 Å². The topological polar surface area (TPSA) is 99.7 Å². The maximum Gasteiger partial charge on any atom is 0.339 e. The lowest BCUT2D eigenvalue weighted by Gasteiger charge is -2.16. The SMILES string of the molecule is COc1cc(C(=O)O[C@H](C)c2nc3sc(C)c(C)c3c(=O)[nH]2)cc(OC)c1OC. The highest BCUT2D eigenvalue weighted by atomic mass is 32.1. The molecule has 0 unspecified atom stereocenters. The lowest BCUT2D eigenvalue weighted by atomic mass is 10.2. The highest BCUT2D eigenvalue weighted by Crippen LogP contribution is 2.38. The number of fused-ring (bicyclic) bond motifs is 1. The molecule has 0 aliphatic carbocycles. The van der Waals surface area contributed by atoms with Crippen molar-refractivity contribution in [1.29, 1.82) is 0 Å². The van der Waals surface area contributed by atoms with Crippen molar-refractivity contribution in [3.63, 3.8) is 0 Å². The van der Waals surface area contributed by atoms with E-state index in [-0.39, 0.29) is 16.9 Å². The molecule has 0 radical (unpaired) electrons. The monoisotopic (exact) mass is 418 g/mol. The number of thiophene rings is 1. The van der Waals surface area contributed by atoms with Crippen molar-refractivity contribution in [2.24, 2.45) is 0 Å². The quantitative estimate of drug-likeness (QED) is 0.611. The fourth-order valence-electron chi connectivity index (χ4n) is 2.95. The Morgan fingerprint density at radius 2 is 1.72 bits per heavy atom. The summed E-state index contributed by atoms with van der Waals surface area (Å²) < 4.78 is 21.3. The molecule has 9 heteroatoms. The number of aromatic amines is 1. The van der Waals surface area contributed by atoms with E-state index in [1.165, 1.54) is 44.8 Å². The van der Waals surface area contributed by atoms with Crippen LogP contribution in [0.5, 0.6) is 17.2 Å². The molecule has 2 heterocycles. The van der Waals surface area contributed by atoms with Crippen molar-refractivity contribution < 1.29 is 23.7 Å². The molecule has 1 atom stereocenters.